The number of rotatable bonds is 5. The fourth-order valence-electron chi connectivity index (χ4n) is 4.70. The molecule has 0 N–H and O–H groups in total. The molecular formula is C24H37BrN2O3. The lowest BCUT2D eigenvalue weighted by Crippen LogP contribution is -2.44. The number of hydrogen-bond donors (Lipinski definition) is 0. The van der Waals surface area contributed by atoms with Gasteiger partial charge in [0.15, 0.2) is 6.10 Å². The molecule has 1 saturated heterocycles. The number of halogens is 1. The molecule has 30 heavy (non-hydrogen) atoms. The zero-order valence-electron chi connectivity index (χ0n) is 19.6. The maximum atomic E-state index is 13.2. The summed E-state index contributed by atoms with van der Waals surface area (Å²) in [5, 5.41) is 0. The van der Waals surface area contributed by atoms with E-state index in [0.717, 1.165) is 40.2 Å². The lowest BCUT2D eigenvalue weighted by Gasteiger charge is -2.49. The number of aryl methyl sites for hydroxylation is 2. The van der Waals surface area contributed by atoms with E-state index >= 15 is 0 Å². The van der Waals surface area contributed by atoms with Crippen LogP contribution >= 0.6 is 15.9 Å². The largest absolute Gasteiger partial charge is 0.461 e. The molecule has 1 aliphatic heterocycles. The van der Waals surface area contributed by atoms with Gasteiger partial charge in [-0.3, -0.25) is 4.98 Å². The second kappa shape index (κ2) is 8.78. The summed E-state index contributed by atoms with van der Waals surface area (Å²) in [6, 6.07) is 0. The number of aromatic nitrogens is 1. The molecule has 0 bridgehead atoms. The zero-order valence-corrected chi connectivity index (χ0v) is 21.2. The van der Waals surface area contributed by atoms with Crippen molar-refractivity contribution in [2.24, 2.45) is 5.41 Å². The Kier molecular flexibility index (Phi) is 6.88. The fourth-order valence-corrected chi connectivity index (χ4v) is 5.25. The zero-order chi connectivity index (χ0) is 22.3. The Morgan fingerprint density at radius 1 is 1.10 bits per heavy atom. The predicted octanol–water partition coefficient (Wildman–Crippen LogP) is 6.04. The van der Waals surface area contributed by atoms with E-state index in [9.17, 15) is 4.79 Å². The van der Waals surface area contributed by atoms with Gasteiger partial charge < -0.3 is 14.4 Å². The van der Waals surface area contributed by atoms with Crippen LogP contribution in [0.3, 0.4) is 0 Å². The Bertz CT molecular complexity index is 787. The van der Waals surface area contributed by atoms with Crippen LogP contribution in [0.2, 0.25) is 0 Å². The molecule has 3 rings (SSSR count). The molecule has 0 amide bonds. The van der Waals surface area contributed by atoms with Crippen molar-refractivity contribution in [1.82, 2.24) is 4.98 Å². The number of hydrogen-bond acceptors (Lipinski definition) is 5. The molecule has 1 unspecified atom stereocenters. The number of esters is 1. The smallest absolute Gasteiger partial charge is 0.340 e. The van der Waals surface area contributed by atoms with E-state index in [0.29, 0.717) is 5.41 Å². The molecule has 6 heteroatoms. The van der Waals surface area contributed by atoms with E-state index in [-0.39, 0.29) is 12.1 Å². The average molecular weight is 481 g/mol. The summed E-state index contributed by atoms with van der Waals surface area (Å²) in [7, 11) is 0. The van der Waals surface area contributed by atoms with E-state index in [1.165, 1.54) is 32.1 Å². The molecular weight excluding hydrogens is 444 g/mol. The van der Waals surface area contributed by atoms with Crippen molar-refractivity contribution in [2.45, 2.75) is 98.4 Å². The van der Waals surface area contributed by atoms with Gasteiger partial charge >= 0.3 is 5.97 Å². The van der Waals surface area contributed by atoms with Crippen LogP contribution in [-0.2, 0) is 14.3 Å². The van der Waals surface area contributed by atoms with Crippen molar-refractivity contribution >= 4 is 27.6 Å². The predicted molar refractivity (Wildman–Crippen MR) is 124 cm³/mol. The lowest BCUT2D eigenvalue weighted by atomic mass is 9.63. The van der Waals surface area contributed by atoms with Gasteiger partial charge in [0, 0.05) is 24.3 Å². The third-order valence-electron chi connectivity index (χ3n) is 6.36. The standard InChI is InChI=1S/C24H37BrN2O3/c1-15(2)29-22(28)21(30-23(5,6)7)18-16(3)26-17(4)19(25)20(18)27-13-11-24(12-14-27)9-8-10-24/h15,21H,8-14H2,1-7H3. The Labute approximate surface area is 190 Å². The number of piperidine rings is 1. The number of carbonyl (C=O) groups excluding carboxylic acids is 1. The van der Waals surface area contributed by atoms with Crippen molar-refractivity contribution in [3.05, 3.63) is 21.4 Å². The van der Waals surface area contributed by atoms with E-state index in [2.05, 4.69) is 20.8 Å². The molecule has 2 aliphatic rings. The van der Waals surface area contributed by atoms with E-state index in [1.807, 2.05) is 48.5 Å². The van der Waals surface area contributed by atoms with Crippen LogP contribution in [0.25, 0.3) is 0 Å². The molecule has 1 aliphatic carbocycles. The summed E-state index contributed by atoms with van der Waals surface area (Å²) in [4.78, 5) is 20.3. The molecule has 1 saturated carbocycles. The first-order chi connectivity index (χ1) is 13.9. The highest BCUT2D eigenvalue weighted by Gasteiger charge is 2.42. The number of pyridine rings is 1. The van der Waals surface area contributed by atoms with Gasteiger partial charge in [0.2, 0.25) is 0 Å². The Balaban J connectivity index is 2.04. The number of ether oxygens (including phenoxy) is 2. The van der Waals surface area contributed by atoms with Crippen LogP contribution < -0.4 is 4.90 Å². The van der Waals surface area contributed by atoms with E-state index in [4.69, 9.17) is 14.5 Å². The Morgan fingerprint density at radius 2 is 1.70 bits per heavy atom. The number of nitrogens with zero attached hydrogens (tertiary/aromatic N) is 2. The van der Waals surface area contributed by atoms with Crippen LogP contribution in [0.5, 0.6) is 0 Å². The van der Waals surface area contributed by atoms with Crippen molar-refractivity contribution in [2.75, 3.05) is 18.0 Å². The topological polar surface area (TPSA) is 51.7 Å². The van der Waals surface area contributed by atoms with Gasteiger partial charge in [0.1, 0.15) is 0 Å². The summed E-state index contributed by atoms with van der Waals surface area (Å²) in [6.45, 7) is 15.6. The van der Waals surface area contributed by atoms with Gasteiger partial charge in [-0.25, -0.2) is 4.79 Å². The van der Waals surface area contributed by atoms with Crippen molar-refractivity contribution in [1.29, 1.82) is 0 Å². The highest BCUT2D eigenvalue weighted by Crippen LogP contribution is 2.51. The summed E-state index contributed by atoms with van der Waals surface area (Å²) in [5.74, 6) is -0.352. The summed E-state index contributed by atoms with van der Waals surface area (Å²) >= 11 is 3.80. The quantitative estimate of drug-likeness (QED) is 0.480. The first-order valence-corrected chi connectivity index (χ1v) is 12.0. The maximum absolute atomic E-state index is 13.2. The number of carbonyl (C=O) groups is 1. The minimum absolute atomic E-state index is 0.206. The van der Waals surface area contributed by atoms with Crippen LogP contribution in [0.4, 0.5) is 5.69 Å². The SMILES string of the molecule is Cc1nc(C)c(C(OC(C)(C)C)C(=O)OC(C)C)c(N2CCC3(CCC3)CC2)c1Br. The Hall–Kier alpha value is -1.14. The van der Waals surface area contributed by atoms with Gasteiger partial charge in [0.05, 0.1) is 27.6 Å². The first-order valence-electron chi connectivity index (χ1n) is 11.2. The van der Waals surface area contributed by atoms with Crippen LogP contribution in [0.1, 0.15) is 89.8 Å². The first kappa shape index (κ1) is 23.5. The fraction of sp³-hybridized carbons (Fsp3) is 0.750. The summed E-state index contributed by atoms with van der Waals surface area (Å²) in [6.07, 6.45) is 5.49. The summed E-state index contributed by atoms with van der Waals surface area (Å²) < 4.78 is 12.9. The van der Waals surface area contributed by atoms with Crippen molar-refractivity contribution in [3.8, 4) is 0 Å². The van der Waals surface area contributed by atoms with E-state index in [1.54, 1.807) is 0 Å². The molecule has 2 fully saturated rings. The van der Waals surface area contributed by atoms with Crippen LogP contribution in [-0.4, -0.2) is 35.7 Å². The monoisotopic (exact) mass is 480 g/mol. The molecule has 1 atom stereocenters. The summed E-state index contributed by atoms with van der Waals surface area (Å²) in [5.41, 5.74) is 3.69. The normalized spacial score (nSPS) is 19.7. The van der Waals surface area contributed by atoms with Gasteiger partial charge in [0.25, 0.3) is 0 Å². The second-order valence-corrected chi connectivity index (χ2v) is 11.1. The Morgan fingerprint density at radius 3 is 2.17 bits per heavy atom. The minimum Gasteiger partial charge on any atom is -0.461 e. The lowest BCUT2D eigenvalue weighted by molar-refractivity contribution is -0.171. The molecule has 1 aromatic heterocycles. The second-order valence-electron chi connectivity index (χ2n) is 10.3. The van der Waals surface area contributed by atoms with Crippen molar-refractivity contribution < 1.29 is 14.3 Å². The highest BCUT2D eigenvalue weighted by atomic mass is 79.9. The average Bonchev–Trinajstić information content (AvgIpc) is 2.60. The van der Waals surface area contributed by atoms with Gasteiger partial charge in [-0.05, 0) is 95.5 Å². The van der Waals surface area contributed by atoms with Gasteiger partial charge in [-0.1, -0.05) is 6.42 Å². The van der Waals surface area contributed by atoms with Crippen LogP contribution in [0.15, 0.2) is 4.47 Å². The molecule has 1 aromatic rings. The van der Waals surface area contributed by atoms with Gasteiger partial charge in [-0.15, -0.1) is 0 Å². The molecule has 0 aromatic carbocycles. The minimum atomic E-state index is -0.814. The molecule has 1 spiro atoms. The van der Waals surface area contributed by atoms with Gasteiger partial charge in [-0.2, -0.15) is 0 Å². The molecule has 2 heterocycles. The highest BCUT2D eigenvalue weighted by molar-refractivity contribution is 9.10. The third kappa shape index (κ3) is 5.01. The molecule has 0 radical (unpaired) electrons. The number of anilines is 1. The maximum Gasteiger partial charge on any atom is 0.340 e. The van der Waals surface area contributed by atoms with Crippen molar-refractivity contribution in [3.63, 3.8) is 0 Å². The molecule has 168 valence electrons. The van der Waals surface area contributed by atoms with Crippen LogP contribution in [0, 0.1) is 19.3 Å². The van der Waals surface area contributed by atoms with E-state index < -0.39 is 11.7 Å². The third-order valence-corrected chi connectivity index (χ3v) is 7.31. The molecule has 5 nitrogen and oxygen atoms in total.